The zero-order valence-electron chi connectivity index (χ0n) is 15.6. The highest BCUT2D eigenvalue weighted by Crippen LogP contribution is 2.25. The first-order chi connectivity index (χ1) is 12.3. The summed E-state index contributed by atoms with van der Waals surface area (Å²) in [6.45, 7) is 6.15. The zero-order chi connectivity index (χ0) is 19.2. The Morgan fingerprint density at radius 1 is 1.19 bits per heavy atom. The van der Waals surface area contributed by atoms with Gasteiger partial charge in [-0.1, -0.05) is 36.4 Å². The van der Waals surface area contributed by atoms with Crippen molar-refractivity contribution in [2.45, 2.75) is 39.0 Å². The lowest BCUT2D eigenvalue weighted by Crippen LogP contribution is -2.12. The molecule has 1 atom stereocenters. The van der Waals surface area contributed by atoms with E-state index in [1.54, 1.807) is 18.2 Å². The molecule has 0 heterocycles. The number of aliphatic imine (C=N–C) groups is 1. The van der Waals surface area contributed by atoms with Crippen molar-refractivity contribution in [1.82, 2.24) is 0 Å². The molecule has 0 amide bonds. The second kappa shape index (κ2) is 8.63. The SMILES string of the molecule is COC(=O)c1cc(C(O)C=NC(C)(C)C)ccc1OCc1ccccc1. The lowest BCUT2D eigenvalue weighted by Gasteiger charge is -2.15. The van der Waals surface area contributed by atoms with Gasteiger partial charge in [-0.25, -0.2) is 4.79 Å². The lowest BCUT2D eigenvalue weighted by molar-refractivity contribution is 0.0595. The van der Waals surface area contributed by atoms with Crippen molar-refractivity contribution in [3.05, 3.63) is 65.2 Å². The van der Waals surface area contributed by atoms with E-state index >= 15 is 0 Å². The molecule has 2 rings (SSSR count). The van der Waals surface area contributed by atoms with E-state index in [9.17, 15) is 9.90 Å². The molecule has 0 radical (unpaired) electrons. The van der Waals surface area contributed by atoms with Gasteiger partial charge in [-0.05, 0) is 44.0 Å². The lowest BCUT2D eigenvalue weighted by atomic mass is 10.0. The number of hydrogen-bond acceptors (Lipinski definition) is 5. The molecule has 0 aliphatic heterocycles. The van der Waals surface area contributed by atoms with Gasteiger partial charge in [0.1, 0.15) is 24.0 Å². The molecule has 0 aliphatic rings. The van der Waals surface area contributed by atoms with Crippen molar-refractivity contribution in [3.8, 4) is 5.75 Å². The molecular formula is C21H25NO4. The minimum Gasteiger partial charge on any atom is -0.488 e. The minimum atomic E-state index is -0.916. The van der Waals surface area contributed by atoms with Crippen molar-refractivity contribution >= 4 is 12.2 Å². The van der Waals surface area contributed by atoms with Crippen LogP contribution in [-0.2, 0) is 11.3 Å². The molecular weight excluding hydrogens is 330 g/mol. The summed E-state index contributed by atoms with van der Waals surface area (Å²) in [6.07, 6.45) is 0.557. The first-order valence-corrected chi connectivity index (χ1v) is 8.42. The maximum atomic E-state index is 12.1. The number of ether oxygens (including phenoxy) is 2. The molecule has 0 aliphatic carbocycles. The monoisotopic (exact) mass is 355 g/mol. The van der Waals surface area contributed by atoms with Gasteiger partial charge in [-0.15, -0.1) is 0 Å². The van der Waals surface area contributed by atoms with E-state index in [4.69, 9.17) is 9.47 Å². The summed E-state index contributed by atoms with van der Waals surface area (Å²) < 4.78 is 10.6. The number of aliphatic hydroxyl groups excluding tert-OH is 1. The Balaban J connectivity index is 2.24. The van der Waals surface area contributed by atoms with Crippen LogP contribution in [0.5, 0.6) is 5.75 Å². The third-order valence-electron chi connectivity index (χ3n) is 3.59. The van der Waals surface area contributed by atoms with Crippen LogP contribution in [0.1, 0.15) is 48.4 Å². The van der Waals surface area contributed by atoms with E-state index in [1.165, 1.54) is 13.3 Å². The summed E-state index contributed by atoms with van der Waals surface area (Å²) in [5.74, 6) is -0.112. The van der Waals surface area contributed by atoms with Crippen molar-refractivity contribution < 1.29 is 19.4 Å². The van der Waals surface area contributed by atoms with Crippen LogP contribution in [0.3, 0.4) is 0 Å². The summed E-state index contributed by atoms with van der Waals surface area (Å²) >= 11 is 0. The summed E-state index contributed by atoms with van der Waals surface area (Å²) in [4.78, 5) is 16.4. The first kappa shape index (κ1) is 19.7. The Morgan fingerprint density at radius 3 is 2.50 bits per heavy atom. The number of aliphatic hydroxyl groups is 1. The topological polar surface area (TPSA) is 68.1 Å². The Labute approximate surface area is 154 Å². The molecule has 138 valence electrons. The third kappa shape index (κ3) is 5.70. The number of methoxy groups -OCH3 is 1. The third-order valence-corrected chi connectivity index (χ3v) is 3.59. The van der Waals surface area contributed by atoms with Gasteiger partial charge in [0.25, 0.3) is 0 Å². The van der Waals surface area contributed by atoms with E-state index in [0.29, 0.717) is 17.9 Å². The summed E-state index contributed by atoms with van der Waals surface area (Å²) in [7, 11) is 1.31. The molecule has 0 bridgehead atoms. The molecule has 2 aromatic carbocycles. The van der Waals surface area contributed by atoms with E-state index in [2.05, 4.69) is 4.99 Å². The highest BCUT2D eigenvalue weighted by atomic mass is 16.5. The molecule has 5 heteroatoms. The molecule has 2 aromatic rings. The molecule has 1 N–H and O–H groups in total. The number of esters is 1. The highest BCUT2D eigenvalue weighted by molar-refractivity contribution is 5.93. The van der Waals surface area contributed by atoms with Gasteiger partial charge in [-0.3, -0.25) is 4.99 Å². The van der Waals surface area contributed by atoms with Gasteiger partial charge in [-0.2, -0.15) is 0 Å². The Hall–Kier alpha value is -2.66. The molecule has 26 heavy (non-hydrogen) atoms. The van der Waals surface area contributed by atoms with Crippen molar-refractivity contribution in [3.63, 3.8) is 0 Å². The number of carbonyl (C=O) groups excluding carboxylic acids is 1. The smallest absolute Gasteiger partial charge is 0.341 e. The number of rotatable bonds is 6. The Morgan fingerprint density at radius 2 is 1.88 bits per heavy atom. The van der Waals surface area contributed by atoms with Crippen molar-refractivity contribution in [1.29, 1.82) is 0 Å². The first-order valence-electron chi connectivity index (χ1n) is 8.42. The zero-order valence-corrected chi connectivity index (χ0v) is 15.6. The van der Waals surface area contributed by atoms with Gasteiger partial charge >= 0.3 is 5.97 Å². The number of nitrogens with zero attached hydrogens (tertiary/aromatic N) is 1. The van der Waals surface area contributed by atoms with Gasteiger partial charge in [0, 0.05) is 6.21 Å². The average Bonchev–Trinajstić information content (AvgIpc) is 2.64. The molecule has 0 spiro atoms. The van der Waals surface area contributed by atoms with Crippen LogP contribution in [0.2, 0.25) is 0 Å². The Kier molecular flexibility index (Phi) is 6.52. The molecule has 5 nitrogen and oxygen atoms in total. The molecule has 1 unspecified atom stereocenters. The molecule has 0 aromatic heterocycles. The van der Waals surface area contributed by atoms with Crippen LogP contribution in [-0.4, -0.2) is 29.9 Å². The van der Waals surface area contributed by atoms with E-state index in [1.807, 2.05) is 51.1 Å². The fraction of sp³-hybridized carbons (Fsp3) is 0.333. The highest BCUT2D eigenvalue weighted by Gasteiger charge is 2.17. The normalized spacial score (nSPS) is 12.8. The van der Waals surface area contributed by atoms with Crippen LogP contribution < -0.4 is 4.74 Å². The van der Waals surface area contributed by atoms with Crippen molar-refractivity contribution in [2.24, 2.45) is 4.99 Å². The van der Waals surface area contributed by atoms with Crippen LogP contribution in [0.15, 0.2) is 53.5 Å². The van der Waals surface area contributed by atoms with Gasteiger partial charge in [0.05, 0.1) is 12.6 Å². The summed E-state index contributed by atoms with van der Waals surface area (Å²) in [5, 5.41) is 10.3. The number of carbonyl (C=O) groups is 1. The molecule has 0 saturated carbocycles. The van der Waals surface area contributed by atoms with Crippen LogP contribution >= 0.6 is 0 Å². The van der Waals surface area contributed by atoms with E-state index in [0.717, 1.165) is 5.56 Å². The quantitative estimate of drug-likeness (QED) is 0.629. The van der Waals surface area contributed by atoms with Crippen LogP contribution in [0, 0.1) is 0 Å². The van der Waals surface area contributed by atoms with Crippen LogP contribution in [0.4, 0.5) is 0 Å². The fourth-order valence-corrected chi connectivity index (χ4v) is 2.24. The standard InChI is InChI=1S/C21H25NO4/c1-21(2,3)22-13-18(23)16-10-11-19(17(12-16)20(24)25-4)26-14-15-8-6-5-7-9-15/h5-13,18,23H,14H2,1-4H3. The maximum Gasteiger partial charge on any atom is 0.341 e. The van der Waals surface area contributed by atoms with E-state index < -0.39 is 12.1 Å². The largest absolute Gasteiger partial charge is 0.488 e. The van der Waals surface area contributed by atoms with Crippen molar-refractivity contribution in [2.75, 3.05) is 7.11 Å². The van der Waals surface area contributed by atoms with Gasteiger partial charge in [0.15, 0.2) is 0 Å². The predicted molar refractivity (Wildman–Crippen MR) is 102 cm³/mol. The number of benzene rings is 2. The summed E-state index contributed by atoms with van der Waals surface area (Å²) in [5.41, 5.74) is 1.52. The van der Waals surface area contributed by atoms with Crippen LogP contribution in [0.25, 0.3) is 0 Å². The average molecular weight is 355 g/mol. The predicted octanol–water partition coefficient (Wildman–Crippen LogP) is 3.95. The second-order valence-corrected chi connectivity index (χ2v) is 6.92. The number of hydrogen-bond donors (Lipinski definition) is 1. The minimum absolute atomic E-state index is 0.268. The maximum absolute atomic E-state index is 12.1. The van der Waals surface area contributed by atoms with Gasteiger partial charge < -0.3 is 14.6 Å². The van der Waals surface area contributed by atoms with E-state index in [-0.39, 0.29) is 11.1 Å². The second-order valence-electron chi connectivity index (χ2n) is 6.92. The summed E-state index contributed by atoms with van der Waals surface area (Å²) in [6, 6.07) is 14.6. The molecule has 0 saturated heterocycles. The molecule has 0 fully saturated rings. The fourth-order valence-electron chi connectivity index (χ4n) is 2.24. The Bertz CT molecular complexity index is 763. The van der Waals surface area contributed by atoms with Gasteiger partial charge in [0.2, 0.25) is 0 Å².